The van der Waals surface area contributed by atoms with Crippen LogP contribution >= 0.6 is 0 Å². The summed E-state index contributed by atoms with van der Waals surface area (Å²) in [5.41, 5.74) is 4.94. The van der Waals surface area contributed by atoms with Crippen molar-refractivity contribution in [3.8, 4) is 0 Å². The number of carbonyl (C=O) groups excluding carboxylic acids is 3. The van der Waals surface area contributed by atoms with Gasteiger partial charge in [0, 0.05) is 37.5 Å². The summed E-state index contributed by atoms with van der Waals surface area (Å²) in [4.78, 5) is 42.6. The average Bonchev–Trinajstić information content (AvgIpc) is 3.21. The van der Waals surface area contributed by atoms with Gasteiger partial charge in [0.15, 0.2) is 0 Å². The molecule has 36 heavy (non-hydrogen) atoms. The molecule has 1 unspecified atom stereocenters. The molecule has 0 aliphatic carbocycles. The highest BCUT2D eigenvalue weighted by Gasteiger charge is 2.42. The number of rotatable bonds is 6. The van der Waals surface area contributed by atoms with Crippen molar-refractivity contribution >= 4 is 34.4 Å². The van der Waals surface area contributed by atoms with Crippen LogP contribution in [0, 0.1) is 5.92 Å². The zero-order valence-electron chi connectivity index (χ0n) is 21.2. The van der Waals surface area contributed by atoms with Gasteiger partial charge in [-0.25, -0.2) is 4.79 Å². The maximum Gasteiger partial charge on any atom is 0.328 e. The number of hydrogen-bond donors (Lipinski definition) is 1. The molecular formula is C28H32N4O4. The van der Waals surface area contributed by atoms with E-state index >= 15 is 0 Å². The molecule has 2 aliphatic heterocycles. The van der Waals surface area contributed by atoms with Crippen molar-refractivity contribution in [3.05, 3.63) is 65.4 Å². The Kier molecular flexibility index (Phi) is 6.20. The topological polar surface area (TPSA) is 83.9 Å². The number of carbonyl (C=O) groups is 3. The SMILES string of the molecule is COC(=O)[C@@H](NC(=O)CCn1c2c(c3ccccc31)CCN1C(=O)c3ccccc3N(C)C21)C(C)C. The molecule has 8 nitrogen and oxygen atoms in total. The van der Waals surface area contributed by atoms with Crippen molar-refractivity contribution in [2.45, 2.75) is 45.4 Å². The van der Waals surface area contributed by atoms with Gasteiger partial charge in [0.1, 0.15) is 12.2 Å². The van der Waals surface area contributed by atoms with Crippen molar-refractivity contribution in [2.75, 3.05) is 25.6 Å². The van der Waals surface area contributed by atoms with Crippen LogP contribution < -0.4 is 10.2 Å². The summed E-state index contributed by atoms with van der Waals surface area (Å²) in [5.74, 6) is -0.709. The van der Waals surface area contributed by atoms with Crippen LogP contribution in [0.2, 0.25) is 0 Å². The van der Waals surface area contributed by atoms with Crippen molar-refractivity contribution < 1.29 is 19.1 Å². The van der Waals surface area contributed by atoms with Gasteiger partial charge >= 0.3 is 5.97 Å². The number of para-hydroxylation sites is 2. The Morgan fingerprint density at radius 1 is 1.11 bits per heavy atom. The molecule has 3 heterocycles. The lowest BCUT2D eigenvalue weighted by atomic mass is 9.96. The number of benzene rings is 2. The molecule has 0 saturated carbocycles. The minimum Gasteiger partial charge on any atom is -0.467 e. The number of methoxy groups -OCH3 is 1. The average molecular weight is 489 g/mol. The van der Waals surface area contributed by atoms with E-state index in [0.717, 1.165) is 28.7 Å². The lowest BCUT2D eigenvalue weighted by molar-refractivity contribution is -0.146. The molecule has 8 heteroatoms. The molecule has 2 amide bonds. The summed E-state index contributed by atoms with van der Waals surface area (Å²) in [6.07, 6.45) is 0.697. The molecular weight excluding hydrogens is 456 g/mol. The Balaban J connectivity index is 1.51. The minimum atomic E-state index is -0.688. The lowest BCUT2D eigenvalue weighted by Crippen LogP contribution is -2.51. The summed E-state index contributed by atoms with van der Waals surface area (Å²) in [5, 5.41) is 4.00. The number of anilines is 1. The third-order valence-corrected chi connectivity index (χ3v) is 7.41. The second kappa shape index (κ2) is 9.33. The van der Waals surface area contributed by atoms with Gasteiger partial charge in [-0.1, -0.05) is 44.2 Å². The van der Waals surface area contributed by atoms with Crippen molar-refractivity contribution in [1.29, 1.82) is 0 Å². The number of fused-ring (bicyclic) bond motifs is 6. The number of aryl methyl sites for hydroxylation is 1. The fraction of sp³-hybridized carbons (Fsp3) is 0.393. The fourth-order valence-corrected chi connectivity index (χ4v) is 5.63. The van der Waals surface area contributed by atoms with Gasteiger partial charge in [-0.15, -0.1) is 0 Å². The first-order valence-corrected chi connectivity index (χ1v) is 12.4. The molecule has 0 saturated heterocycles. The van der Waals surface area contributed by atoms with E-state index in [-0.39, 0.29) is 30.3 Å². The molecule has 1 aromatic heterocycles. The van der Waals surface area contributed by atoms with E-state index in [0.29, 0.717) is 18.7 Å². The van der Waals surface area contributed by atoms with E-state index < -0.39 is 12.0 Å². The monoisotopic (exact) mass is 488 g/mol. The standard InChI is InChI=1S/C28H32N4O4/c1-17(2)24(28(35)36-4)29-23(33)14-16-31-22-12-8-5-9-18(22)19-13-15-32-26(25(19)31)30(3)21-11-7-6-10-20(21)27(32)34/h5-12,17,24,26H,13-16H2,1-4H3,(H,29,33)/t24-,26?/m0/s1. The summed E-state index contributed by atoms with van der Waals surface area (Å²) < 4.78 is 7.05. The van der Waals surface area contributed by atoms with Gasteiger partial charge in [-0.2, -0.15) is 0 Å². The normalized spacial score (nSPS) is 17.5. The predicted molar refractivity (Wildman–Crippen MR) is 138 cm³/mol. The van der Waals surface area contributed by atoms with Gasteiger partial charge in [0.2, 0.25) is 5.91 Å². The van der Waals surface area contributed by atoms with Crippen LogP contribution in [0.1, 0.15) is 48.0 Å². The van der Waals surface area contributed by atoms with Crippen LogP contribution in [-0.2, 0) is 27.3 Å². The molecule has 2 atom stereocenters. The molecule has 2 aliphatic rings. The summed E-state index contributed by atoms with van der Waals surface area (Å²) >= 11 is 0. The zero-order chi connectivity index (χ0) is 25.6. The number of nitrogens with one attached hydrogen (secondary N) is 1. The number of esters is 1. The zero-order valence-corrected chi connectivity index (χ0v) is 21.2. The first-order valence-electron chi connectivity index (χ1n) is 12.4. The highest BCUT2D eigenvalue weighted by Crippen LogP contribution is 2.44. The van der Waals surface area contributed by atoms with Crippen molar-refractivity contribution in [3.63, 3.8) is 0 Å². The Bertz CT molecular complexity index is 1340. The summed E-state index contributed by atoms with van der Waals surface area (Å²) in [6, 6.07) is 15.2. The van der Waals surface area contributed by atoms with E-state index in [1.54, 1.807) is 0 Å². The maximum absolute atomic E-state index is 13.5. The quantitative estimate of drug-likeness (QED) is 0.537. The molecule has 1 N–H and O–H groups in total. The highest BCUT2D eigenvalue weighted by atomic mass is 16.5. The van der Waals surface area contributed by atoms with Crippen LogP contribution in [-0.4, -0.2) is 54.0 Å². The van der Waals surface area contributed by atoms with Crippen LogP contribution in [0.15, 0.2) is 48.5 Å². The van der Waals surface area contributed by atoms with Crippen LogP contribution in [0.4, 0.5) is 5.69 Å². The molecule has 0 bridgehead atoms. The second-order valence-corrected chi connectivity index (χ2v) is 9.85. The molecule has 0 fully saturated rings. The van der Waals surface area contributed by atoms with Gasteiger partial charge < -0.3 is 24.4 Å². The molecule has 0 radical (unpaired) electrons. The first kappa shape index (κ1) is 23.9. The first-order chi connectivity index (χ1) is 17.3. The summed E-state index contributed by atoms with van der Waals surface area (Å²) in [7, 11) is 3.35. The van der Waals surface area contributed by atoms with Crippen molar-refractivity contribution in [2.24, 2.45) is 5.92 Å². The van der Waals surface area contributed by atoms with E-state index in [2.05, 4.69) is 26.9 Å². The Morgan fingerprint density at radius 3 is 2.58 bits per heavy atom. The van der Waals surface area contributed by atoms with E-state index in [4.69, 9.17) is 4.74 Å². The smallest absolute Gasteiger partial charge is 0.328 e. The Morgan fingerprint density at radius 2 is 1.83 bits per heavy atom. The molecule has 0 spiro atoms. The number of amides is 2. The number of nitrogens with zero attached hydrogens (tertiary/aromatic N) is 3. The van der Waals surface area contributed by atoms with E-state index in [9.17, 15) is 14.4 Å². The van der Waals surface area contributed by atoms with E-state index in [1.807, 2.05) is 62.2 Å². The Hall–Kier alpha value is -3.81. The highest BCUT2D eigenvalue weighted by molar-refractivity contribution is 6.02. The van der Waals surface area contributed by atoms with Gasteiger partial charge in [0.05, 0.1) is 24.1 Å². The van der Waals surface area contributed by atoms with Gasteiger partial charge in [0.25, 0.3) is 5.91 Å². The van der Waals surface area contributed by atoms with Crippen LogP contribution in [0.5, 0.6) is 0 Å². The maximum atomic E-state index is 13.5. The third-order valence-electron chi connectivity index (χ3n) is 7.41. The minimum absolute atomic E-state index is 0.0340. The largest absolute Gasteiger partial charge is 0.467 e. The number of ether oxygens (including phenoxy) is 1. The van der Waals surface area contributed by atoms with Crippen LogP contribution in [0.25, 0.3) is 10.9 Å². The third kappa shape index (κ3) is 3.81. The number of aromatic nitrogens is 1. The van der Waals surface area contributed by atoms with Crippen LogP contribution in [0.3, 0.4) is 0 Å². The lowest BCUT2D eigenvalue weighted by Gasteiger charge is -2.46. The number of hydrogen-bond acceptors (Lipinski definition) is 5. The fourth-order valence-electron chi connectivity index (χ4n) is 5.63. The van der Waals surface area contributed by atoms with Gasteiger partial charge in [-0.05, 0) is 36.1 Å². The van der Waals surface area contributed by atoms with Crippen molar-refractivity contribution in [1.82, 2.24) is 14.8 Å². The molecule has 188 valence electrons. The molecule has 2 aromatic carbocycles. The second-order valence-electron chi connectivity index (χ2n) is 9.85. The molecule has 3 aromatic rings. The molecule has 5 rings (SSSR count). The van der Waals surface area contributed by atoms with E-state index in [1.165, 1.54) is 12.7 Å². The summed E-state index contributed by atoms with van der Waals surface area (Å²) in [6.45, 7) is 4.82. The predicted octanol–water partition coefficient (Wildman–Crippen LogP) is 3.49. The Labute approximate surface area is 210 Å². The van der Waals surface area contributed by atoms with Gasteiger partial charge in [-0.3, -0.25) is 9.59 Å².